The van der Waals surface area contributed by atoms with E-state index >= 15 is 0 Å². The molecule has 1 aromatic heterocycles. The highest BCUT2D eigenvalue weighted by molar-refractivity contribution is 5.37. The monoisotopic (exact) mass is 246 g/mol. The van der Waals surface area contributed by atoms with Crippen LogP contribution >= 0.6 is 0 Å². The van der Waals surface area contributed by atoms with Crippen LogP contribution in [0, 0.1) is 23.2 Å². The second-order valence-corrected chi connectivity index (χ2v) is 7.08. The molecule has 0 unspecified atom stereocenters. The third-order valence-electron chi connectivity index (χ3n) is 5.62. The first-order chi connectivity index (χ1) is 8.63. The zero-order chi connectivity index (χ0) is 12.3. The molecule has 4 aliphatic carbocycles. The summed E-state index contributed by atoms with van der Waals surface area (Å²) < 4.78 is 1.45. The van der Waals surface area contributed by atoms with Crippen LogP contribution in [0.3, 0.4) is 0 Å². The molecule has 4 bridgehead atoms. The van der Waals surface area contributed by atoms with Crippen LogP contribution in [-0.2, 0) is 6.42 Å². The standard InChI is InChI=1S/C14H22N4/c15-13-12(17-8-18(13)16)7-14-4-9-1-10(5-14)3-11(2-9)6-14/h8-11H,1-7,15-16H2. The van der Waals surface area contributed by atoms with Gasteiger partial charge in [-0.2, -0.15) is 0 Å². The average molecular weight is 246 g/mol. The molecule has 4 heteroatoms. The SMILES string of the molecule is Nc1c(CC23CC4CC(CC(C4)C2)C3)ncn1N. The van der Waals surface area contributed by atoms with Crippen LogP contribution in [-0.4, -0.2) is 9.66 Å². The largest absolute Gasteiger partial charge is 0.382 e. The summed E-state index contributed by atoms with van der Waals surface area (Å²) >= 11 is 0. The van der Waals surface area contributed by atoms with E-state index in [4.69, 9.17) is 11.6 Å². The van der Waals surface area contributed by atoms with Crippen LogP contribution in [0.2, 0.25) is 0 Å². The third kappa shape index (κ3) is 1.47. The Labute approximate surface area is 108 Å². The van der Waals surface area contributed by atoms with Gasteiger partial charge < -0.3 is 11.6 Å². The van der Waals surface area contributed by atoms with Crippen molar-refractivity contribution in [2.24, 2.45) is 23.2 Å². The number of nitrogens with two attached hydrogens (primary N) is 2. The van der Waals surface area contributed by atoms with E-state index in [9.17, 15) is 0 Å². The summed E-state index contributed by atoms with van der Waals surface area (Å²) in [5.41, 5.74) is 7.53. The van der Waals surface area contributed by atoms with Gasteiger partial charge in [0, 0.05) is 0 Å². The van der Waals surface area contributed by atoms with E-state index in [2.05, 4.69) is 4.98 Å². The van der Waals surface area contributed by atoms with E-state index in [-0.39, 0.29) is 0 Å². The minimum Gasteiger partial charge on any atom is -0.382 e. The van der Waals surface area contributed by atoms with E-state index in [1.54, 1.807) is 6.33 Å². The summed E-state index contributed by atoms with van der Waals surface area (Å²) in [7, 11) is 0. The molecule has 4 fully saturated rings. The van der Waals surface area contributed by atoms with Crippen molar-refractivity contribution in [3.8, 4) is 0 Å². The highest BCUT2D eigenvalue weighted by Gasteiger charge is 2.51. The van der Waals surface area contributed by atoms with Crippen molar-refractivity contribution in [2.75, 3.05) is 11.6 Å². The molecule has 0 aromatic carbocycles. The van der Waals surface area contributed by atoms with Gasteiger partial charge in [-0.15, -0.1) is 0 Å². The molecule has 1 aromatic rings. The van der Waals surface area contributed by atoms with E-state index < -0.39 is 0 Å². The summed E-state index contributed by atoms with van der Waals surface area (Å²) in [6, 6.07) is 0. The maximum atomic E-state index is 6.01. The molecule has 0 aliphatic heterocycles. The minimum atomic E-state index is 0.497. The Morgan fingerprint density at radius 3 is 2.17 bits per heavy atom. The zero-order valence-electron chi connectivity index (χ0n) is 10.8. The second-order valence-electron chi connectivity index (χ2n) is 7.08. The number of hydrogen-bond acceptors (Lipinski definition) is 3. The fourth-order valence-electron chi connectivity index (χ4n) is 5.41. The minimum absolute atomic E-state index is 0.497. The van der Waals surface area contributed by atoms with E-state index in [0.717, 1.165) is 29.9 Å². The van der Waals surface area contributed by atoms with Crippen molar-refractivity contribution in [1.29, 1.82) is 0 Å². The summed E-state index contributed by atoms with van der Waals surface area (Å²) in [5, 5.41) is 0. The van der Waals surface area contributed by atoms with Crippen LogP contribution in [0.15, 0.2) is 6.33 Å². The van der Waals surface area contributed by atoms with Crippen molar-refractivity contribution in [2.45, 2.75) is 44.9 Å². The van der Waals surface area contributed by atoms with Gasteiger partial charge in [-0.1, -0.05) is 0 Å². The van der Waals surface area contributed by atoms with Crippen LogP contribution < -0.4 is 11.6 Å². The molecule has 0 saturated heterocycles. The van der Waals surface area contributed by atoms with Gasteiger partial charge in [-0.25, -0.2) is 9.66 Å². The van der Waals surface area contributed by atoms with Gasteiger partial charge in [0.15, 0.2) is 0 Å². The summed E-state index contributed by atoms with van der Waals surface area (Å²) in [5.74, 6) is 9.35. The van der Waals surface area contributed by atoms with Gasteiger partial charge in [0.2, 0.25) is 0 Å². The Bertz CT molecular complexity index is 441. The molecule has 4 N–H and O–H groups in total. The lowest BCUT2D eigenvalue weighted by Crippen LogP contribution is -2.47. The first kappa shape index (κ1) is 10.7. The molecule has 1 heterocycles. The quantitative estimate of drug-likeness (QED) is 0.783. The van der Waals surface area contributed by atoms with Crippen LogP contribution in [0.5, 0.6) is 0 Å². The van der Waals surface area contributed by atoms with Gasteiger partial charge in [0.25, 0.3) is 0 Å². The fraction of sp³-hybridized carbons (Fsp3) is 0.786. The maximum Gasteiger partial charge on any atom is 0.145 e. The number of nitrogen functional groups attached to an aromatic ring is 2. The van der Waals surface area contributed by atoms with E-state index in [0.29, 0.717) is 11.2 Å². The topological polar surface area (TPSA) is 69.9 Å². The van der Waals surface area contributed by atoms with Gasteiger partial charge in [0.1, 0.15) is 12.1 Å². The van der Waals surface area contributed by atoms with Gasteiger partial charge in [0.05, 0.1) is 5.69 Å². The number of anilines is 1. The molecule has 0 spiro atoms. The summed E-state index contributed by atoms with van der Waals surface area (Å²) in [4.78, 5) is 4.40. The number of nitrogens with zero attached hydrogens (tertiary/aromatic N) is 2. The fourth-order valence-corrected chi connectivity index (χ4v) is 5.41. The van der Waals surface area contributed by atoms with Gasteiger partial charge >= 0.3 is 0 Å². The van der Waals surface area contributed by atoms with Crippen molar-refractivity contribution in [1.82, 2.24) is 9.66 Å². The Balaban J connectivity index is 1.62. The molecule has 4 aliphatic rings. The third-order valence-corrected chi connectivity index (χ3v) is 5.62. The Hall–Kier alpha value is -1.19. The molecule has 0 atom stereocenters. The van der Waals surface area contributed by atoms with Crippen LogP contribution in [0.4, 0.5) is 5.82 Å². The smallest absolute Gasteiger partial charge is 0.145 e. The second kappa shape index (κ2) is 3.43. The first-order valence-corrected chi connectivity index (χ1v) is 7.20. The predicted molar refractivity (Wildman–Crippen MR) is 71.1 cm³/mol. The Kier molecular flexibility index (Phi) is 2.04. The Morgan fingerprint density at radius 2 is 1.72 bits per heavy atom. The Morgan fingerprint density at radius 1 is 1.17 bits per heavy atom. The molecular formula is C14H22N4. The van der Waals surface area contributed by atoms with Gasteiger partial charge in [-0.05, 0) is 68.1 Å². The highest BCUT2D eigenvalue weighted by atomic mass is 15.3. The molecule has 5 rings (SSSR count). The summed E-state index contributed by atoms with van der Waals surface area (Å²) in [6.45, 7) is 0. The molecule has 98 valence electrons. The van der Waals surface area contributed by atoms with Crippen LogP contribution in [0.25, 0.3) is 0 Å². The van der Waals surface area contributed by atoms with Crippen molar-refractivity contribution in [3.63, 3.8) is 0 Å². The lowest BCUT2D eigenvalue weighted by molar-refractivity contribution is -0.0525. The zero-order valence-corrected chi connectivity index (χ0v) is 10.8. The molecule has 4 nitrogen and oxygen atoms in total. The number of hydrogen-bond donors (Lipinski definition) is 2. The van der Waals surface area contributed by atoms with Crippen LogP contribution in [0.1, 0.15) is 44.2 Å². The number of aromatic nitrogens is 2. The van der Waals surface area contributed by atoms with Crippen molar-refractivity contribution < 1.29 is 0 Å². The number of imidazole rings is 1. The number of rotatable bonds is 2. The summed E-state index contributed by atoms with van der Waals surface area (Å²) in [6.07, 6.45) is 11.3. The molecule has 0 radical (unpaired) electrons. The van der Waals surface area contributed by atoms with Crippen molar-refractivity contribution >= 4 is 5.82 Å². The maximum absolute atomic E-state index is 6.01. The lowest BCUT2D eigenvalue weighted by atomic mass is 9.48. The highest BCUT2D eigenvalue weighted by Crippen LogP contribution is 2.61. The lowest BCUT2D eigenvalue weighted by Gasteiger charge is -2.56. The van der Waals surface area contributed by atoms with E-state index in [1.807, 2.05) is 0 Å². The molecule has 18 heavy (non-hydrogen) atoms. The molecule has 4 saturated carbocycles. The first-order valence-electron chi connectivity index (χ1n) is 7.20. The van der Waals surface area contributed by atoms with E-state index in [1.165, 1.54) is 43.2 Å². The normalized spacial score (nSPS) is 41.4. The molecular weight excluding hydrogens is 224 g/mol. The average Bonchev–Trinajstić information content (AvgIpc) is 2.58. The molecule has 0 amide bonds. The van der Waals surface area contributed by atoms with Crippen molar-refractivity contribution in [3.05, 3.63) is 12.0 Å². The predicted octanol–water partition coefficient (Wildman–Crippen LogP) is 1.94. The van der Waals surface area contributed by atoms with Gasteiger partial charge in [-0.3, -0.25) is 0 Å².